The molecular formula is C13H21N3O2. The highest BCUT2D eigenvalue weighted by Crippen LogP contribution is 2.06. The van der Waals surface area contributed by atoms with Gasteiger partial charge in [-0.25, -0.2) is 4.79 Å². The fourth-order valence-electron chi connectivity index (χ4n) is 1.29. The summed E-state index contributed by atoms with van der Waals surface area (Å²) in [7, 11) is 0. The fourth-order valence-corrected chi connectivity index (χ4v) is 1.29. The molecule has 18 heavy (non-hydrogen) atoms. The maximum atomic E-state index is 11.3. The van der Waals surface area contributed by atoms with E-state index in [9.17, 15) is 4.79 Å². The predicted octanol–water partition coefficient (Wildman–Crippen LogP) is 2.41. The van der Waals surface area contributed by atoms with Gasteiger partial charge in [-0.3, -0.25) is 4.98 Å². The van der Waals surface area contributed by atoms with Crippen LogP contribution in [-0.4, -0.2) is 29.8 Å². The molecule has 0 unspecified atom stereocenters. The molecule has 0 aliphatic carbocycles. The van der Waals surface area contributed by atoms with Crippen molar-refractivity contribution in [2.24, 2.45) is 0 Å². The van der Waals surface area contributed by atoms with Gasteiger partial charge in [-0.15, -0.1) is 0 Å². The number of amides is 1. The summed E-state index contributed by atoms with van der Waals surface area (Å²) >= 11 is 0. The van der Waals surface area contributed by atoms with Crippen molar-refractivity contribution in [1.82, 2.24) is 10.3 Å². The van der Waals surface area contributed by atoms with E-state index >= 15 is 0 Å². The molecule has 0 bridgehead atoms. The lowest BCUT2D eigenvalue weighted by molar-refractivity contribution is 0.0528. The Labute approximate surface area is 108 Å². The first kappa shape index (κ1) is 14.3. The van der Waals surface area contributed by atoms with Crippen LogP contribution in [0.2, 0.25) is 0 Å². The van der Waals surface area contributed by atoms with Crippen LogP contribution in [0.3, 0.4) is 0 Å². The van der Waals surface area contributed by atoms with E-state index in [0.29, 0.717) is 6.54 Å². The van der Waals surface area contributed by atoms with E-state index in [4.69, 9.17) is 4.74 Å². The van der Waals surface area contributed by atoms with E-state index < -0.39 is 5.60 Å². The molecule has 0 saturated carbocycles. The number of nitrogens with one attached hydrogen (secondary N) is 2. The summed E-state index contributed by atoms with van der Waals surface area (Å²) in [5.74, 6) is 0. The number of hydrogen-bond acceptors (Lipinski definition) is 4. The molecule has 0 saturated heterocycles. The molecule has 5 heteroatoms. The molecule has 5 nitrogen and oxygen atoms in total. The molecule has 1 amide bonds. The Balaban J connectivity index is 2.07. The summed E-state index contributed by atoms with van der Waals surface area (Å²) in [5.41, 5.74) is 0.535. The quantitative estimate of drug-likeness (QED) is 0.789. The minimum atomic E-state index is -0.446. The average molecular weight is 251 g/mol. The number of aromatic nitrogens is 1. The Hall–Kier alpha value is -1.78. The van der Waals surface area contributed by atoms with Crippen LogP contribution in [0.15, 0.2) is 24.5 Å². The number of pyridine rings is 1. The van der Waals surface area contributed by atoms with Crippen LogP contribution < -0.4 is 10.6 Å². The summed E-state index contributed by atoms with van der Waals surface area (Å²) in [6.45, 7) is 6.90. The van der Waals surface area contributed by atoms with Gasteiger partial charge in [0, 0.05) is 25.5 Å². The highest BCUT2D eigenvalue weighted by molar-refractivity contribution is 5.67. The van der Waals surface area contributed by atoms with E-state index in [-0.39, 0.29) is 6.09 Å². The van der Waals surface area contributed by atoms with E-state index in [1.54, 1.807) is 12.4 Å². The maximum Gasteiger partial charge on any atom is 0.407 e. The minimum Gasteiger partial charge on any atom is -0.444 e. The molecule has 0 atom stereocenters. The van der Waals surface area contributed by atoms with Crippen molar-refractivity contribution in [3.05, 3.63) is 24.5 Å². The Bertz CT molecular complexity index is 360. The number of carbonyl (C=O) groups is 1. The van der Waals surface area contributed by atoms with Gasteiger partial charge in [-0.1, -0.05) is 0 Å². The van der Waals surface area contributed by atoms with Gasteiger partial charge in [0.15, 0.2) is 0 Å². The number of carbonyl (C=O) groups excluding carboxylic acids is 1. The highest BCUT2D eigenvalue weighted by atomic mass is 16.6. The van der Waals surface area contributed by atoms with E-state index in [0.717, 1.165) is 18.7 Å². The molecule has 1 aromatic rings. The number of rotatable bonds is 5. The second kappa shape index (κ2) is 6.83. The number of ether oxygens (including phenoxy) is 1. The van der Waals surface area contributed by atoms with Crippen molar-refractivity contribution >= 4 is 11.8 Å². The van der Waals surface area contributed by atoms with Crippen molar-refractivity contribution in [3.63, 3.8) is 0 Å². The smallest absolute Gasteiger partial charge is 0.407 e. The molecular weight excluding hydrogens is 230 g/mol. The van der Waals surface area contributed by atoms with Crippen molar-refractivity contribution in [2.45, 2.75) is 32.8 Å². The molecule has 0 aromatic carbocycles. The van der Waals surface area contributed by atoms with Crippen LogP contribution >= 0.6 is 0 Å². The van der Waals surface area contributed by atoms with Gasteiger partial charge < -0.3 is 15.4 Å². The monoisotopic (exact) mass is 251 g/mol. The predicted molar refractivity (Wildman–Crippen MR) is 71.6 cm³/mol. The third-order valence-corrected chi connectivity index (χ3v) is 2.01. The summed E-state index contributed by atoms with van der Waals surface area (Å²) < 4.78 is 5.12. The fraction of sp³-hybridized carbons (Fsp3) is 0.538. The molecule has 0 fully saturated rings. The van der Waals surface area contributed by atoms with Crippen LogP contribution in [0.4, 0.5) is 10.5 Å². The Morgan fingerprint density at radius 3 is 2.78 bits per heavy atom. The van der Waals surface area contributed by atoms with Gasteiger partial charge in [0.1, 0.15) is 5.60 Å². The van der Waals surface area contributed by atoms with Crippen molar-refractivity contribution < 1.29 is 9.53 Å². The van der Waals surface area contributed by atoms with Gasteiger partial charge in [0.25, 0.3) is 0 Å². The summed E-state index contributed by atoms with van der Waals surface area (Å²) in [5, 5.41) is 5.92. The summed E-state index contributed by atoms with van der Waals surface area (Å²) in [4.78, 5) is 15.3. The second-order valence-corrected chi connectivity index (χ2v) is 4.95. The third kappa shape index (κ3) is 6.73. The zero-order chi connectivity index (χ0) is 13.4. The van der Waals surface area contributed by atoms with Crippen LogP contribution in [0.1, 0.15) is 27.2 Å². The molecule has 2 N–H and O–H groups in total. The Morgan fingerprint density at radius 2 is 2.17 bits per heavy atom. The number of hydrogen-bond donors (Lipinski definition) is 2. The van der Waals surface area contributed by atoms with E-state index in [2.05, 4.69) is 15.6 Å². The van der Waals surface area contributed by atoms with E-state index in [1.807, 2.05) is 32.9 Å². The second-order valence-electron chi connectivity index (χ2n) is 4.95. The van der Waals surface area contributed by atoms with Crippen LogP contribution in [0.5, 0.6) is 0 Å². The zero-order valence-electron chi connectivity index (χ0n) is 11.2. The Morgan fingerprint density at radius 1 is 1.39 bits per heavy atom. The largest absolute Gasteiger partial charge is 0.444 e. The minimum absolute atomic E-state index is 0.371. The van der Waals surface area contributed by atoms with Gasteiger partial charge >= 0.3 is 6.09 Å². The van der Waals surface area contributed by atoms with Crippen LogP contribution in [0, 0.1) is 0 Å². The lowest BCUT2D eigenvalue weighted by atomic mass is 10.2. The molecule has 0 aliphatic rings. The molecule has 1 rings (SSSR count). The standard InChI is InChI=1S/C13H21N3O2/c1-13(2,3)18-12(17)16-9-5-8-15-11-6-4-7-14-10-11/h4,6-7,10,15H,5,8-9H2,1-3H3,(H,16,17). The normalized spacial score (nSPS) is 10.8. The first-order chi connectivity index (χ1) is 8.47. The lowest BCUT2D eigenvalue weighted by Crippen LogP contribution is -2.33. The summed E-state index contributed by atoms with van der Waals surface area (Å²) in [6, 6.07) is 3.83. The summed E-state index contributed by atoms with van der Waals surface area (Å²) in [6.07, 6.45) is 3.95. The van der Waals surface area contributed by atoms with Crippen molar-refractivity contribution in [3.8, 4) is 0 Å². The zero-order valence-corrected chi connectivity index (χ0v) is 11.2. The van der Waals surface area contributed by atoms with Gasteiger partial charge in [-0.05, 0) is 39.3 Å². The highest BCUT2D eigenvalue weighted by Gasteiger charge is 2.15. The molecule has 1 heterocycles. The van der Waals surface area contributed by atoms with Crippen molar-refractivity contribution in [1.29, 1.82) is 0 Å². The van der Waals surface area contributed by atoms with Crippen LogP contribution in [-0.2, 0) is 4.74 Å². The first-order valence-electron chi connectivity index (χ1n) is 6.08. The third-order valence-electron chi connectivity index (χ3n) is 2.01. The topological polar surface area (TPSA) is 63.2 Å². The maximum absolute atomic E-state index is 11.3. The van der Waals surface area contributed by atoms with Crippen molar-refractivity contribution in [2.75, 3.05) is 18.4 Å². The van der Waals surface area contributed by atoms with Gasteiger partial charge in [0.2, 0.25) is 0 Å². The first-order valence-corrected chi connectivity index (χ1v) is 6.08. The molecule has 100 valence electrons. The molecule has 0 aliphatic heterocycles. The number of anilines is 1. The average Bonchev–Trinajstić information content (AvgIpc) is 2.27. The van der Waals surface area contributed by atoms with Crippen LogP contribution in [0.25, 0.3) is 0 Å². The molecule has 0 radical (unpaired) electrons. The lowest BCUT2D eigenvalue weighted by Gasteiger charge is -2.19. The molecule has 1 aromatic heterocycles. The van der Waals surface area contributed by atoms with Gasteiger partial charge in [-0.2, -0.15) is 0 Å². The number of nitrogens with zero attached hydrogens (tertiary/aromatic N) is 1. The molecule has 0 spiro atoms. The SMILES string of the molecule is CC(C)(C)OC(=O)NCCCNc1cccnc1. The van der Waals surface area contributed by atoms with E-state index in [1.165, 1.54) is 0 Å². The van der Waals surface area contributed by atoms with Gasteiger partial charge in [0.05, 0.1) is 5.69 Å². The number of alkyl carbamates (subject to hydrolysis) is 1. The Kier molecular flexibility index (Phi) is 5.42.